The Morgan fingerprint density at radius 2 is 2.27 bits per heavy atom. The monoisotopic (exact) mass is 267 g/mol. The Kier molecular flexibility index (Phi) is 2.78. The molecule has 0 fully saturated rings. The standard InChI is InChI=1S/C8H14INO/c1-8(2,3)7-10-5-6(4-9)11-7/h6H,4-5H2,1-3H3. The minimum absolute atomic E-state index is 0.0839. The number of hydrogen-bond donors (Lipinski definition) is 0. The third kappa shape index (κ3) is 2.32. The van der Waals surface area contributed by atoms with Crippen LogP contribution in [0.1, 0.15) is 20.8 Å². The SMILES string of the molecule is CC(C)(C)C1=NCC(CI)O1. The Balaban J connectivity index is 2.53. The molecule has 0 aliphatic carbocycles. The summed E-state index contributed by atoms with van der Waals surface area (Å²) in [5.74, 6) is 0.916. The van der Waals surface area contributed by atoms with Gasteiger partial charge in [-0.05, 0) is 0 Å². The Morgan fingerprint density at radius 1 is 1.64 bits per heavy atom. The first kappa shape index (κ1) is 9.29. The van der Waals surface area contributed by atoms with E-state index in [9.17, 15) is 0 Å². The van der Waals surface area contributed by atoms with Crippen molar-refractivity contribution in [2.24, 2.45) is 10.4 Å². The van der Waals surface area contributed by atoms with E-state index in [1.54, 1.807) is 0 Å². The van der Waals surface area contributed by atoms with Gasteiger partial charge >= 0.3 is 0 Å². The maximum absolute atomic E-state index is 5.62. The molecule has 1 aliphatic rings. The Labute approximate surface area is 81.6 Å². The number of ether oxygens (including phenoxy) is 1. The second-order valence-corrected chi connectivity index (χ2v) is 4.67. The van der Waals surface area contributed by atoms with Crippen molar-refractivity contribution in [3.8, 4) is 0 Å². The maximum atomic E-state index is 5.62. The predicted octanol–water partition coefficient (Wildman–Crippen LogP) is 2.26. The van der Waals surface area contributed by atoms with Crippen LogP contribution in [0.3, 0.4) is 0 Å². The molecule has 0 radical (unpaired) electrons. The lowest BCUT2D eigenvalue weighted by atomic mass is 9.97. The second kappa shape index (κ2) is 3.29. The summed E-state index contributed by atoms with van der Waals surface area (Å²) in [5, 5.41) is 0. The summed E-state index contributed by atoms with van der Waals surface area (Å²) < 4.78 is 6.65. The molecule has 3 heteroatoms. The first-order chi connectivity index (χ1) is 5.04. The first-order valence-corrected chi connectivity index (χ1v) is 5.34. The fourth-order valence-corrected chi connectivity index (χ4v) is 1.37. The van der Waals surface area contributed by atoms with Gasteiger partial charge in [0.15, 0.2) is 5.90 Å². The van der Waals surface area contributed by atoms with Crippen LogP contribution in [-0.4, -0.2) is 23.0 Å². The van der Waals surface area contributed by atoms with Crippen LogP contribution in [0.2, 0.25) is 0 Å². The molecule has 1 rings (SSSR count). The van der Waals surface area contributed by atoms with E-state index in [0.717, 1.165) is 16.9 Å². The van der Waals surface area contributed by atoms with Gasteiger partial charge in [-0.25, -0.2) is 0 Å². The largest absolute Gasteiger partial charge is 0.475 e. The summed E-state index contributed by atoms with van der Waals surface area (Å²) in [5.41, 5.74) is 0.0839. The van der Waals surface area contributed by atoms with Gasteiger partial charge in [0.1, 0.15) is 6.10 Å². The van der Waals surface area contributed by atoms with Crippen molar-refractivity contribution in [2.45, 2.75) is 26.9 Å². The van der Waals surface area contributed by atoms with E-state index < -0.39 is 0 Å². The molecule has 0 aromatic heterocycles. The van der Waals surface area contributed by atoms with E-state index in [-0.39, 0.29) is 5.41 Å². The minimum atomic E-state index is 0.0839. The van der Waals surface area contributed by atoms with E-state index in [1.165, 1.54) is 0 Å². The smallest absolute Gasteiger partial charge is 0.189 e. The van der Waals surface area contributed by atoms with Crippen molar-refractivity contribution in [2.75, 3.05) is 11.0 Å². The molecule has 2 nitrogen and oxygen atoms in total. The van der Waals surface area contributed by atoms with Crippen LogP contribution >= 0.6 is 22.6 Å². The summed E-state index contributed by atoms with van der Waals surface area (Å²) >= 11 is 2.33. The summed E-state index contributed by atoms with van der Waals surface area (Å²) in [4.78, 5) is 4.35. The van der Waals surface area contributed by atoms with Crippen LogP contribution in [0.15, 0.2) is 4.99 Å². The molecule has 1 unspecified atom stereocenters. The van der Waals surface area contributed by atoms with Crippen LogP contribution in [0.4, 0.5) is 0 Å². The van der Waals surface area contributed by atoms with Gasteiger partial charge in [-0.3, -0.25) is 4.99 Å². The lowest BCUT2D eigenvalue weighted by Crippen LogP contribution is -2.24. The molecular formula is C8H14INO. The van der Waals surface area contributed by atoms with Crippen LogP contribution in [0, 0.1) is 5.41 Å². The van der Waals surface area contributed by atoms with E-state index >= 15 is 0 Å². The molecular weight excluding hydrogens is 253 g/mol. The number of hydrogen-bond acceptors (Lipinski definition) is 2. The van der Waals surface area contributed by atoms with Crippen molar-refractivity contribution < 1.29 is 4.74 Å². The molecule has 0 saturated carbocycles. The van der Waals surface area contributed by atoms with Crippen molar-refractivity contribution in [1.29, 1.82) is 0 Å². The number of aliphatic imine (C=N–C) groups is 1. The maximum Gasteiger partial charge on any atom is 0.189 e. The average molecular weight is 267 g/mol. The van der Waals surface area contributed by atoms with Crippen molar-refractivity contribution in [3.05, 3.63) is 0 Å². The van der Waals surface area contributed by atoms with Gasteiger partial charge < -0.3 is 4.74 Å². The minimum Gasteiger partial charge on any atom is -0.475 e. The van der Waals surface area contributed by atoms with Gasteiger partial charge in [-0.2, -0.15) is 0 Å². The second-order valence-electron chi connectivity index (χ2n) is 3.79. The molecule has 0 saturated heterocycles. The summed E-state index contributed by atoms with van der Waals surface area (Å²) in [6, 6.07) is 0. The summed E-state index contributed by atoms with van der Waals surface area (Å²) in [6.45, 7) is 7.22. The molecule has 64 valence electrons. The van der Waals surface area contributed by atoms with Crippen molar-refractivity contribution >= 4 is 28.5 Å². The molecule has 0 N–H and O–H groups in total. The molecule has 0 aromatic rings. The third-order valence-electron chi connectivity index (χ3n) is 1.53. The molecule has 1 atom stereocenters. The third-order valence-corrected chi connectivity index (χ3v) is 2.51. The Hall–Kier alpha value is 0.200. The number of halogens is 1. The average Bonchev–Trinajstić information content (AvgIpc) is 2.32. The fraction of sp³-hybridized carbons (Fsp3) is 0.875. The first-order valence-electron chi connectivity index (χ1n) is 3.81. The molecule has 11 heavy (non-hydrogen) atoms. The van der Waals surface area contributed by atoms with Crippen LogP contribution in [-0.2, 0) is 4.74 Å². The predicted molar refractivity (Wildman–Crippen MR) is 55.5 cm³/mol. The van der Waals surface area contributed by atoms with Crippen molar-refractivity contribution in [1.82, 2.24) is 0 Å². The zero-order valence-corrected chi connectivity index (χ0v) is 9.38. The van der Waals surface area contributed by atoms with E-state index in [1.807, 2.05) is 0 Å². The zero-order chi connectivity index (χ0) is 8.48. The van der Waals surface area contributed by atoms with Crippen molar-refractivity contribution in [3.63, 3.8) is 0 Å². The molecule has 0 aromatic carbocycles. The van der Waals surface area contributed by atoms with E-state index in [0.29, 0.717) is 6.10 Å². The van der Waals surface area contributed by atoms with Crippen LogP contribution in [0.5, 0.6) is 0 Å². The highest BCUT2D eigenvalue weighted by Gasteiger charge is 2.28. The summed E-state index contributed by atoms with van der Waals surface area (Å²) in [7, 11) is 0. The lowest BCUT2D eigenvalue weighted by molar-refractivity contribution is 0.225. The molecule has 0 spiro atoms. The normalized spacial score (nSPS) is 24.7. The van der Waals surface area contributed by atoms with Gasteiger partial charge in [0.05, 0.1) is 6.54 Å². The van der Waals surface area contributed by atoms with Gasteiger partial charge in [0.2, 0.25) is 0 Å². The zero-order valence-electron chi connectivity index (χ0n) is 7.22. The van der Waals surface area contributed by atoms with Gasteiger partial charge in [-0.15, -0.1) is 0 Å². The Bertz CT molecular complexity index is 171. The summed E-state index contributed by atoms with van der Waals surface area (Å²) in [6.07, 6.45) is 0.324. The molecule has 1 aliphatic heterocycles. The molecule has 1 heterocycles. The lowest BCUT2D eigenvalue weighted by Gasteiger charge is -2.19. The number of nitrogens with zero attached hydrogens (tertiary/aromatic N) is 1. The highest BCUT2D eigenvalue weighted by Crippen LogP contribution is 2.22. The highest BCUT2D eigenvalue weighted by atomic mass is 127. The van der Waals surface area contributed by atoms with Crippen LogP contribution < -0.4 is 0 Å². The van der Waals surface area contributed by atoms with Crippen LogP contribution in [0.25, 0.3) is 0 Å². The van der Waals surface area contributed by atoms with Gasteiger partial charge in [-0.1, -0.05) is 43.4 Å². The highest BCUT2D eigenvalue weighted by molar-refractivity contribution is 14.1. The molecule has 0 bridgehead atoms. The quantitative estimate of drug-likeness (QED) is 0.527. The van der Waals surface area contributed by atoms with E-state index in [2.05, 4.69) is 48.4 Å². The van der Waals surface area contributed by atoms with Gasteiger partial charge in [0, 0.05) is 9.84 Å². The molecule has 0 amide bonds. The fourth-order valence-electron chi connectivity index (χ4n) is 0.911. The topological polar surface area (TPSA) is 21.6 Å². The Morgan fingerprint density at radius 3 is 2.55 bits per heavy atom. The number of rotatable bonds is 1. The van der Waals surface area contributed by atoms with E-state index in [4.69, 9.17) is 4.74 Å². The number of alkyl halides is 1. The van der Waals surface area contributed by atoms with Gasteiger partial charge in [0.25, 0.3) is 0 Å².